The summed E-state index contributed by atoms with van der Waals surface area (Å²) >= 11 is 1.74. The van der Waals surface area contributed by atoms with Gasteiger partial charge in [-0.15, -0.1) is 11.3 Å². The van der Waals surface area contributed by atoms with Crippen molar-refractivity contribution >= 4 is 11.3 Å². The first-order valence-electron chi connectivity index (χ1n) is 5.87. The van der Waals surface area contributed by atoms with Crippen LogP contribution in [-0.4, -0.2) is 23.6 Å². The third-order valence-corrected chi connectivity index (χ3v) is 3.89. The molecule has 0 aliphatic rings. The fraction of sp³-hybridized carbons (Fsp3) is 0.385. The van der Waals surface area contributed by atoms with Gasteiger partial charge in [0.1, 0.15) is 0 Å². The van der Waals surface area contributed by atoms with Crippen molar-refractivity contribution in [3.05, 3.63) is 39.5 Å². The smallest absolute Gasteiger partial charge is 0.212 e. The molecular weight excluding hydrogens is 246 g/mol. The molecule has 5 heteroatoms. The van der Waals surface area contributed by atoms with E-state index in [0.29, 0.717) is 12.4 Å². The van der Waals surface area contributed by atoms with Crippen LogP contribution < -0.4 is 10.5 Å². The standard InChI is InChI=1S/C13H17N3OS/c1-9-11(5-6-14)18-13(16-9)7-10-3-4-12(17-2)15-8-10/h3-4,8H,5-7,14H2,1-2H3. The summed E-state index contributed by atoms with van der Waals surface area (Å²) in [5.74, 6) is 0.637. The maximum absolute atomic E-state index is 5.58. The fourth-order valence-corrected chi connectivity index (χ4v) is 2.86. The number of ether oxygens (including phenoxy) is 1. The molecule has 0 radical (unpaired) electrons. The Morgan fingerprint density at radius 1 is 1.39 bits per heavy atom. The van der Waals surface area contributed by atoms with Gasteiger partial charge in [-0.3, -0.25) is 0 Å². The van der Waals surface area contributed by atoms with Crippen molar-refractivity contribution in [2.75, 3.05) is 13.7 Å². The Morgan fingerprint density at radius 2 is 2.22 bits per heavy atom. The van der Waals surface area contributed by atoms with E-state index in [-0.39, 0.29) is 0 Å². The van der Waals surface area contributed by atoms with Gasteiger partial charge in [-0.25, -0.2) is 9.97 Å². The minimum Gasteiger partial charge on any atom is -0.481 e. The Bertz CT molecular complexity index is 507. The van der Waals surface area contributed by atoms with Gasteiger partial charge >= 0.3 is 0 Å². The molecule has 0 bridgehead atoms. The molecule has 0 aliphatic carbocycles. The van der Waals surface area contributed by atoms with Crippen LogP contribution in [0.4, 0.5) is 0 Å². The highest BCUT2D eigenvalue weighted by molar-refractivity contribution is 7.11. The lowest BCUT2D eigenvalue weighted by molar-refractivity contribution is 0.397. The van der Waals surface area contributed by atoms with Crippen molar-refractivity contribution in [2.45, 2.75) is 19.8 Å². The lowest BCUT2D eigenvalue weighted by atomic mass is 10.2. The predicted octanol–water partition coefficient (Wildman–Crippen LogP) is 1.95. The maximum atomic E-state index is 5.58. The molecule has 18 heavy (non-hydrogen) atoms. The van der Waals surface area contributed by atoms with Crippen molar-refractivity contribution in [3.63, 3.8) is 0 Å². The van der Waals surface area contributed by atoms with E-state index in [9.17, 15) is 0 Å². The number of nitrogens with two attached hydrogens (primary N) is 1. The zero-order chi connectivity index (χ0) is 13.0. The fourth-order valence-electron chi connectivity index (χ4n) is 1.74. The van der Waals surface area contributed by atoms with E-state index >= 15 is 0 Å². The zero-order valence-electron chi connectivity index (χ0n) is 10.6. The summed E-state index contributed by atoms with van der Waals surface area (Å²) in [4.78, 5) is 10.1. The number of aryl methyl sites for hydroxylation is 1. The molecule has 0 amide bonds. The molecule has 2 aromatic rings. The van der Waals surface area contributed by atoms with E-state index < -0.39 is 0 Å². The highest BCUT2D eigenvalue weighted by Gasteiger charge is 2.07. The van der Waals surface area contributed by atoms with Gasteiger partial charge in [-0.05, 0) is 25.5 Å². The van der Waals surface area contributed by atoms with Crippen molar-refractivity contribution in [1.82, 2.24) is 9.97 Å². The van der Waals surface area contributed by atoms with E-state index in [1.165, 1.54) is 4.88 Å². The van der Waals surface area contributed by atoms with E-state index in [2.05, 4.69) is 9.97 Å². The molecule has 0 aromatic carbocycles. The summed E-state index contributed by atoms with van der Waals surface area (Å²) in [6.45, 7) is 2.71. The van der Waals surface area contributed by atoms with Gasteiger partial charge in [0.2, 0.25) is 5.88 Å². The molecule has 96 valence electrons. The maximum Gasteiger partial charge on any atom is 0.212 e. The number of nitrogens with zero attached hydrogens (tertiary/aromatic N) is 2. The lowest BCUT2D eigenvalue weighted by Crippen LogP contribution is -2.01. The molecule has 2 aromatic heterocycles. The van der Waals surface area contributed by atoms with Crippen LogP contribution in [0.15, 0.2) is 18.3 Å². The van der Waals surface area contributed by atoms with Crippen LogP contribution in [0.2, 0.25) is 0 Å². The van der Waals surface area contributed by atoms with Crippen LogP contribution in [-0.2, 0) is 12.8 Å². The molecule has 0 saturated heterocycles. The summed E-state index contributed by atoms with van der Waals surface area (Å²) in [7, 11) is 1.62. The number of pyridine rings is 1. The van der Waals surface area contributed by atoms with Gasteiger partial charge < -0.3 is 10.5 Å². The first-order valence-corrected chi connectivity index (χ1v) is 6.68. The molecule has 0 unspecified atom stereocenters. The number of hydrogen-bond acceptors (Lipinski definition) is 5. The summed E-state index contributed by atoms with van der Waals surface area (Å²) in [6, 6.07) is 3.89. The number of hydrogen-bond donors (Lipinski definition) is 1. The Morgan fingerprint density at radius 3 is 2.83 bits per heavy atom. The molecule has 2 N–H and O–H groups in total. The van der Waals surface area contributed by atoms with Gasteiger partial charge in [0.15, 0.2) is 0 Å². The normalized spacial score (nSPS) is 10.6. The molecule has 0 spiro atoms. The van der Waals surface area contributed by atoms with Gasteiger partial charge in [0.05, 0.1) is 17.8 Å². The second-order valence-corrected chi connectivity index (χ2v) is 5.21. The van der Waals surface area contributed by atoms with Crippen molar-refractivity contribution in [3.8, 4) is 5.88 Å². The summed E-state index contributed by atoms with van der Waals surface area (Å²) in [5.41, 5.74) is 7.82. The van der Waals surface area contributed by atoms with E-state index in [1.807, 2.05) is 25.3 Å². The first kappa shape index (κ1) is 13.0. The van der Waals surface area contributed by atoms with Gasteiger partial charge in [0.25, 0.3) is 0 Å². The first-order chi connectivity index (χ1) is 8.72. The Labute approximate surface area is 111 Å². The molecule has 2 heterocycles. The second-order valence-electron chi connectivity index (χ2n) is 4.04. The average molecular weight is 263 g/mol. The predicted molar refractivity (Wildman–Crippen MR) is 73.2 cm³/mol. The minimum atomic E-state index is 0.637. The van der Waals surface area contributed by atoms with Crippen molar-refractivity contribution < 1.29 is 4.74 Å². The highest BCUT2D eigenvalue weighted by atomic mass is 32.1. The zero-order valence-corrected chi connectivity index (χ0v) is 11.5. The van der Waals surface area contributed by atoms with Crippen LogP contribution in [0.5, 0.6) is 5.88 Å². The quantitative estimate of drug-likeness (QED) is 0.895. The third-order valence-electron chi connectivity index (χ3n) is 2.67. The monoisotopic (exact) mass is 263 g/mol. The number of aromatic nitrogens is 2. The summed E-state index contributed by atoms with van der Waals surface area (Å²) in [5, 5.41) is 1.11. The van der Waals surface area contributed by atoms with Gasteiger partial charge in [-0.2, -0.15) is 0 Å². The molecular formula is C13H17N3OS. The number of methoxy groups -OCH3 is 1. The van der Waals surface area contributed by atoms with Crippen LogP contribution in [0, 0.1) is 6.92 Å². The van der Waals surface area contributed by atoms with E-state index in [0.717, 1.165) is 29.1 Å². The lowest BCUT2D eigenvalue weighted by Gasteiger charge is -2.00. The summed E-state index contributed by atoms with van der Waals surface area (Å²) in [6.07, 6.45) is 3.55. The molecule has 2 rings (SSSR count). The Kier molecular flexibility index (Phi) is 4.28. The van der Waals surface area contributed by atoms with Crippen molar-refractivity contribution in [2.24, 2.45) is 5.73 Å². The Hall–Kier alpha value is -1.46. The third kappa shape index (κ3) is 3.05. The van der Waals surface area contributed by atoms with Crippen LogP contribution in [0.1, 0.15) is 21.1 Å². The summed E-state index contributed by atoms with van der Waals surface area (Å²) < 4.78 is 5.04. The highest BCUT2D eigenvalue weighted by Crippen LogP contribution is 2.21. The topological polar surface area (TPSA) is 61.0 Å². The van der Waals surface area contributed by atoms with Gasteiger partial charge in [-0.1, -0.05) is 6.07 Å². The van der Waals surface area contributed by atoms with Crippen molar-refractivity contribution in [1.29, 1.82) is 0 Å². The Balaban J connectivity index is 2.10. The van der Waals surface area contributed by atoms with E-state index in [1.54, 1.807) is 18.4 Å². The minimum absolute atomic E-state index is 0.637. The average Bonchev–Trinajstić information content (AvgIpc) is 2.71. The molecule has 0 saturated carbocycles. The molecule has 0 atom stereocenters. The molecule has 0 fully saturated rings. The number of rotatable bonds is 5. The largest absolute Gasteiger partial charge is 0.481 e. The van der Waals surface area contributed by atoms with Crippen LogP contribution in [0.3, 0.4) is 0 Å². The SMILES string of the molecule is COc1ccc(Cc2nc(C)c(CCN)s2)cn1. The van der Waals surface area contributed by atoms with Crippen LogP contribution >= 0.6 is 11.3 Å². The second kappa shape index (κ2) is 5.93. The van der Waals surface area contributed by atoms with Crippen LogP contribution in [0.25, 0.3) is 0 Å². The van der Waals surface area contributed by atoms with E-state index in [4.69, 9.17) is 10.5 Å². The molecule has 4 nitrogen and oxygen atoms in total. The molecule has 0 aliphatic heterocycles. The van der Waals surface area contributed by atoms with Gasteiger partial charge in [0, 0.05) is 23.6 Å². The number of thiazole rings is 1.